The molecule has 0 radical (unpaired) electrons. The first kappa shape index (κ1) is 36.0. The lowest BCUT2D eigenvalue weighted by molar-refractivity contribution is 0.314. The molecule has 0 saturated carbocycles. The third kappa shape index (κ3) is 25.6. The maximum absolute atomic E-state index is 2.55. The topological polar surface area (TPSA) is 0 Å². The third-order valence-corrected chi connectivity index (χ3v) is 8.99. The van der Waals surface area contributed by atoms with Crippen molar-refractivity contribution in [2.45, 2.75) is 208 Å². The van der Waals surface area contributed by atoms with E-state index in [1.165, 1.54) is 167 Å². The number of rotatable bonds is 29. The van der Waals surface area contributed by atoms with Crippen molar-refractivity contribution in [2.75, 3.05) is 0 Å². The lowest BCUT2D eigenvalue weighted by Gasteiger charge is -2.21. The zero-order chi connectivity index (χ0) is 26.7. The Balaban J connectivity index is 3.79. The van der Waals surface area contributed by atoms with Gasteiger partial charge >= 0.3 is 0 Å². The van der Waals surface area contributed by atoms with Crippen LogP contribution in [0, 0.1) is 23.7 Å². The molecule has 0 aromatic carbocycles. The van der Waals surface area contributed by atoms with Crippen LogP contribution in [0.1, 0.15) is 208 Å². The molecule has 0 aliphatic rings. The summed E-state index contributed by atoms with van der Waals surface area (Å²) in [5.41, 5.74) is 0. The Labute approximate surface area is 232 Å². The molecular weight excluding hydrogens is 432 g/mol. The van der Waals surface area contributed by atoms with E-state index >= 15 is 0 Å². The largest absolute Gasteiger partial charge is 0.0654 e. The van der Waals surface area contributed by atoms with E-state index in [9.17, 15) is 0 Å². The van der Waals surface area contributed by atoms with Crippen molar-refractivity contribution < 1.29 is 0 Å². The molecule has 4 unspecified atom stereocenters. The van der Waals surface area contributed by atoms with E-state index in [-0.39, 0.29) is 0 Å². The fourth-order valence-electron chi connectivity index (χ4n) is 6.41. The molecule has 0 aromatic heterocycles. The van der Waals surface area contributed by atoms with Crippen molar-refractivity contribution in [3.05, 3.63) is 0 Å². The Morgan fingerprint density at radius 3 is 1.14 bits per heavy atom. The second-order valence-electron chi connectivity index (χ2n) is 13.2. The number of hydrogen-bond acceptors (Lipinski definition) is 0. The van der Waals surface area contributed by atoms with Gasteiger partial charge in [-0.3, -0.25) is 0 Å². The van der Waals surface area contributed by atoms with Gasteiger partial charge in [-0.25, -0.2) is 0 Å². The van der Waals surface area contributed by atoms with Crippen LogP contribution in [-0.2, 0) is 0 Å². The quantitative estimate of drug-likeness (QED) is 0.0884. The first-order chi connectivity index (χ1) is 17.5. The Morgan fingerprint density at radius 2 is 0.667 bits per heavy atom. The van der Waals surface area contributed by atoms with Crippen LogP contribution in [0.15, 0.2) is 0 Å². The normalized spacial score (nSPS) is 15.2. The lowest BCUT2D eigenvalue weighted by atomic mass is 9.85. The van der Waals surface area contributed by atoms with Gasteiger partial charge in [-0.05, 0) is 30.1 Å². The van der Waals surface area contributed by atoms with E-state index in [0.717, 1.165) is 23.7 Å². The molecule has 0 aliphatic carbocycles. The Morgan fingerprint density at radius 1 is 0.306 bits per heavy atom. The van der Waals surface area contributed by atoms with Crippen LogP contribution in [0.4, 0.5) is 0 Å². The predicted octanol–water partition coefficient (Wildman–Crippen LogP) is 13.7. The molecule has 0 rings (SSSR count). The lowest BCUT2D eigenvalue weighted by Crippen LogP contribution is -2.07. The van der Waals surface area contributed by atoms with Gasteiger partial charge in [0.25, 0.3) is 0 Å². The molecule has 0 fully saturated rings. The van der Waals surface area contributed by atoms with Crippen molar-refractivity contribution in [3.8, 4) is 0 Å². The van der Waals surface area contributed by atoms with E-state index < -0.39 is 0 Å². The van der Waals surface area contributed by atoms with Crippen molar-refractivity contribution in [3.63, 3.8) is 0 Å². The van der Waals surface area contributed by atoms with Gasteiger partial charge in [0.2, 0.25) is 0 Å². The fourth-order valence-corrected chi connectivity index (χ4v) is 6.41. The van der Waals surface area contributed by atoms with Gasteiger partial charge in [0, 0.05) is 0 Å². The average molecular weight is 507 g/mol. The minimum atomic E-state index is 0.944. The highest BCUT2D eigenvalue weighted by atomic mass is 14.2. The second kappa shape index (κ2) is 28.0. The van der Waals surface area contributed by atoms with Gasteiger partial charge in [-0.1, -0.05) is 202 Å². The Bertz CT molecular complexity index is 399. The van der Waals surface area contributed by atoms with Crippen molar-refractivity contribution in [1.82, 2.24) is 0 Å². The van der Waals surface area contributed by atoms with Crippen molar-refractivity contribution >= 4 is 0 Å². The standard InChI is InChI=1S/C36H74/c1-7-10-12-15-20-27-34(5)28-22-18-19-24-31-36(30-11-8-2)32-35(6)29-23-17-14-13-16-21-26-33(4)25-9-3/h33-36H,7-32H2,1-6H3. The summed E-state index contributed by atoms with van der Waals surface area (Å²) < 4.78 is 0. The molecule has 0 spiro atoms. The van der Waals surface area contributed by atoms with E-state index in [0.29, 0.717) is 0 Å². The molecule has 0 nitrogen and oxygen atoms in total. The van der Waals surface area contributed by atoms with Crippen molar-refractivity contribution in [2.24, 2.45) is 23.7 Å². The molecule has 218 valence electrons. The van der Waals surface area contributed by atoms with Gasteiger partial charge in [0.05, 0.1) is 0 Å². The summed E-state index contributed by atoms with van der Waals surface area (Å²) >= 11 is 0. The second-order valence-corrected chi connectivity index (χ2v) is 13.2. The summed E-state index contributed by atoms with van der Waals surface area (Å²) in [6.07, 6.45) is 38.0. The molecule has 0 heteroatoms. The van der Waals surface area contributed by atoms with Crippen LogP contribution in [0.25, 0.3) is 0 Å². The summed E-state index contributed by atoms with van der Waals surface area (Å²) in [5, 5.41) is 0. The van der Waals surface area contributed by atoms with E-state index in [2.05, 4.69) is 41.5 Å². The summed E-state index contributed by atoms with van der Waals surface area (Å²) in [4.78, 5) is 0. The zero-order valence-electron chi connectivity index (χ0n) is 26.7. The minimum absolute atomic E-state index is 0.944. The van der Waals surface area contributed by atoms with Gasteiger partial charge in [0.15, 0.2) is 0 Å². The third-order valence-electron chi connectivity index (χ3n) is 8.99. The fraction of sp³-hybridized carbons (Fsp3) is 1.00. The molecule has 0 amide bonds. The molecule has 0 heterocycles. The molecule has 0 aliphatic heterocycles. The van der Waals surface area contributed by atoms with E-state index in [1.807, 2.05) is 0 Å². The summed E-state index contributed by atoms with van der Waals surface area (Å²) in [6.45, 7) is 14.5. The van der Waals surface area contributed by atoms with Crippen LogP contribution in [0.5, 0.6) is 0 Å². The molecular formula is C36H74. The van der Waals surface area contributed by atoms with Gasteiger partial charge in [-0.2, -0.15) is 0 Å². The van der Waals surface area contributed by atoms with E-state index in [1.54, 1.807) is 0 Å². The molecule has 0 N–H and O–H groups in total. The van der Waals surface area contributed by atoms with Crippen LogP contribution in [0.2, 0.25) is 0 Å². The summed E-state index contributed by atoms with van der Waals surface area (Å²) in [5.74, 6) is 3.86. The molecule has 0 bridgehead atoms. The molecule has 0 saturated heterocycles. The molecule has 0 aromatic rings. The number of hydrogen-bond donors (Lipinski definition) is 0. The Hall–Kier alpha value is 0. The summed E-state index contributed by atoms with van der Waals surface area (Å²) in [7, 11) is 0. The van der Waals surface area contributed by atoms with Crippen LogP contribution >= 0.6 is 0 Å². The first-order valence-corrected chi connectivity index (χ1v) is 17.5. The average Bonchev–Trinajstić information content (AvgIpc) is 2.86. The summed E-state index contributed by atoms with van der Waals surface area (Å²) in [6, 6.07) is 0. The SMILES string of the molecule is CCCCCCCC(C)CCCCCCC(CCCC)CC(C)CCCCCCCCC(C)CCC. The maximum atomic E-state index is 2.55. The van der Waals surface area contributed by atoms with E-state index in [4.69, 9.17) is 0 Å². The van der Waals surface area contributed by atoms with Gasteiger partial charge < -0.3 is 0 Å². The molecule has 4 atom stereocenters. The highest BCUT2D eigenvalue weighted by Gasteiger charge is 2.13. The maximum Gasteiger partial charge on any atom is -0.0412 e. The smallest absolute Gasteiger partial charge is 0.0412 e. The Kier molecular flexibility index (Phi) is 28.0. The highest BCUT2D eigenvalue weighted by molar-refractivity contribution is 4.66. The van der Waals surface area contributed by atoms with Crippen molar-refractivity contribution in [1.29, 1.82) is 0 Å². The number of unbranched alkanes of at least 4 members (excludes halogenated alkanes) is 13. The minimum Gasteiger partial charge on any atom is -0.0654 e. The molecule has 36 heavy (non-hydrogen) atoms. The monoisotopic (exact) mass is 507 g/mol. The van der Waals surface area contributed by atoms with Crippen LogP contribution in [0.3, 0.4) is 0 Å². The first-order valence-electron chi connectivity index (χ1n) is 17.5. The predicted molar refractivity (Wildman–Crippen MR) is 168 cm³/mol. The van der Waals surface area contributed by atoms with Gasteiger partial charge in [-0.15, -0.1) is 0 Å². The van der Waals surface area contributed by atoms with Crippen LogP contribution < -0.4 is 0 Å². The van der Waals surface area contributed by atoms with Gasteiger partial charge in [0.1, 0.15) is 0 Å². The van der Waals surface area contributed by atoms with Crippen LogP contribution in [-0.4, -0.2) is 0 Å². The zero-order valence-corrected chi connectivity index (χ0v) is 26.7. The highest BCUT2D eigenvalue weighted by Crippen LogP contribution is 2.28.